The summed E-state index contributed by atoms with van der Waals surface area (Å²) in [6.45, 7) is 2.14. The van der Waals surface area contributed by atoms with Gasteiger partial charge in [-0.1, -0.05) is 6.92 Å². The van der Waals surface area contributed by atoms with E-state index in [2.05, 4.69) is 11.9 Å². The van der Waals surface area contributed by atoms with Crippen LogP contribution in [0.25, 0.3) is 0 Å². The molecule has 86 valence electrons. The average molecular weight is 249 g/mol. The largest absolute Gasteiger partial charge is 0.338 e. The number of imidazole rings is 1. The summed E-state index contributed by atoms with van der Waals surface area (Å²) in [6.07, 6.45) is 6.75. The van der Waals surface area contributed by atoms with Gasteiger partial charge < -0.3 is 4.57 Å². The predicted molar refractivity (Wildman–Crippen MR) is 65.7 cm³/mol. The van der Waals surface area contributed by atoms with Gasteiger partial charge in [-0.05, 0) is 18.3 Å². The fourth-order valence-electron chi connectivity index (χ4n) is 1.55. The zero-order valence-electron chi connectivity index (χ0n) is 9.34. The minimum Gasteiger partial charge on any atom is -0.338 e. The molecule has 0 unspecified atom stereocenters. The van der Waals surface area contributed by atoms with Gasteiger partial charge in [0.05, 0.1) is 0 Å². The second kappa shape index (κ2) is 5.76. The van der Waals surface area contributed by atoms with Crippen LogP contribution in [0.3, 0.4) is 0 Å². The van der Waals surface area contributed by atoms with Gasteiger partial charge in [-0.3, -0.25) is 0 Å². The number of aryl methyl sites for hydroxylation is 2. The lowest BCUT2D eigenvalue weighted by molar-refractivity contribution is 0.330. The highest BCUT2D eigenvalue weighted by molar-refractivity contribution is 6.21. The van der Waals surface area contributed by atoms with Crippen LogP contribution in [0.1, 0.15) is 25.6 Å². The molecule has 1 aromatic heterocycles. The third-order valence-corrected chi connectivity index (χ3v) is 4.25. The Morgan fingerprint density at radius 2 is 2.07 bits per heavy atom. The number of aromatic nitrogens is 2. The first-order valence-electron chi connectivity index (χ1n) is 5.25. The summed E-state index contributed by atoms with van der Waals surface area (Å²) in [4.78, 5) is 4.30. The maximum atomic E-state index is 5.99. The zero-order valence-corrected chi connectivity index (χ0v) is 10.9. The number of hydrogen-bond acceptors (Lipinski definition) is 1. The van der Waals surface area contributed by atoms with Crippen molar-refractivity contribution in [3.63, 3.8) is 0 Å². The molecule has 0 fully saturated rings. The summed E-state index contributed by atoms with van der Waals surface area (Å²) in [6, 6.07) is 0. The van der Waals surface area contributed by atoms with Crippen LogP contribution in [0.15, 0.2) is 12.4 Å². The Morgan fingerprint density at radius 1 is 1.40 bits per heavy atom. The Bertz CT molecular complexity index is 284. The molecule has 0 atom stereocenters. The molecular formula is C11H18Cl2N2. The highest BCUT2D eigenvalue weighted by Crippen LogP contribution is 2.31. The summed E-state index contributed by atoms with van der Waals surface area (Å²) in [5, 5.41) is 0. The summed E-state index contributed by atoms with van der Waals surface area (Å²) in [7, 11) is 2.01. The summed E-state index contributed by atoms with van der Waals surface area (Å²) in [5.74, 6) is 2.34. The molecule has 0 saturated heterocycles. The number of halogens is 2. The van der Waals surface area contributed by atoms with Crippen molar-refractivity contribution in [2.24, 2.45) is 12.5 Å². The molecule has 0 spiro atoms. The van der Waals surface area contributed by atoms with Crippen molar-refractivity contribution < 1.29 is 0 Å². The van der Waals surface area contributed by atoms with Crippen LogP contribution >= 0.6 is 23.2 Å². The summed E-state index contributed by atoms with van der Waals surface area (Å²) in [5.41, 5.74) is 0.0645. The Hall–Kier alpha value is -0.210. The van der Waals surface area contributed by atoms with E-state index >= 15 is 0 Å². The van der Waals surface area contributed by atoms with Crippen LogP contribution < -0.4 is 0 Å². The Morgan fingerprint density at radius 3 is 2.47 bits per heavy atom. The van der Waals surface area contributed by atoms with Gasteiger partial charge >= 0.3 is 0 Å². The third-order valence-electron chi connectivity index (χ3n) is 3.12. The van der Waals surface area contributed by atoms with Crippen molar-refractivity contribution in [2.75, 3.05) is 11.8 Å². The molecule has 0 saturated carbocycles. The second-order valence-electron chi connectivity index (χ2n) is 4.08. The molecule has 2 nitrogen and oxygen atoms in total. The van der Waals surface area contributed by atoms with E-state index in [4.69, 9.17) is 23.2 Å². The number of hydrogen-bond donors (Lipinski definition) is 0. The lowest BCUT2D eigenvalue weighted by Crippen LogP contribution is -2.25. The van der Waals surface area contributed by atoms with Crippen molar-refractivity contribution in [3.8, 4) is 0 Å². The molecule has 0 N–H and O–H groups in total. The van der Waals surface area contributed by atoms with Gasteiger partial charge in [-0.15, -0.1) is 23.2 Å². The lowest BCUT2D eigenvalue weighted by atomic mass is 9.84. The lowest BCUT2D eigenvalue weighted by Gasteiger charge is -2.27. The van der Waals surface area contributed by atoms with Gasteiger partial charge in [0, 0.05) is 37.6 Å². The standard InChI is InChI=1S/C11H18Cl2N2/c1-3-11(8-12,9-13)5-4-10-14-6-7-15(10)2/h6-7H,3-5,8-9H2,1-2H3. The van der Waals surface area contributed by atoms with Crippen LogP contribution in [-0.4, -0.2) is 21.3 Å². The fraction of sp³-hybridized carbons (Fsp3) is 0.727. The van der Waals surface area contributed by atoms with Gasteiger partial charge in [-0.25, -0.2) is 4.98 Å². The molecule has 1 heterocycles. The number of alkyl halides is 2. The molecule has 0 aliphatic carbocycles. The van der Waals surface area contributed by atoms with Crippen molar-refractivity contribution in [1.29, 1.82) is 0 Å². The van der Waals surface area contributed by atoms with Crippen molar-refractivity contribution in [1.82, 2.24) is 9.55 Å². The van der Waals surface area contributed by atoms with E-state index < -0.39 is 0 Å². The van der Waals surface area contributed by atoms with Gasteiger partial charge in [-0.2, -0.15) is 0 Å². The smallest absolute Gasteiger partial charge is 0.108 e. The molecule has 1 rings (SSSR count). The molecule has 0 bridgehead atoms. The molecule has 0 aromatic carbocycles. The summed E-state index contributed by atoms with van der Waals surface area (Å²) < 4.78 is 2.04. The first-order chi connectivity index (χ1) is 7.17. The first kappa shape index (κ1) is 12.9. The highest BCUT2D eigenvalue weighted by Gasteiger charge is 2.26. The molecule has 4 heteroatoms. The van der Waals surface area contributed by atoms with E-state index in [-0.39, 0.29) is 5.41 Å². The average Bonchev–Trinajstić information content (AvgIpc) is 2.67. The van der Waals surface area contributed by atoms with Gasteiger partial charge in [0.25, 0.3) is 0 Å². The SMILES string of the molecule is CCC(CCl)(CCl)CCc1nccn1C. The van der Waals surface area contributed by atoms with E-state index in [1.807, 2.05) is 24.0 Å². The normalized spacial score (nSPS) is 12.0. The molecule has 0 amide bonds. The molecule has 0 aliphatic rings. The van der Waals surface area contributed by atoms with Gasteiger partial charge in [0.1, 0.15) is 5.82 Å². The topological polar surface area (TPSA) is 17.8 Å². The highest BCUT2D eigenvalue weighted by atomic mass is 35.5. The first-order valence-corrected chi connectivity index (χ1v) is 6.32. The van der Waals surface area contributed by atoms with Gasteiger partial charge in [0.2, 0.25) is 0 Å². The molecule has 15 heavy (non-hydrogen) atoms. The van der Waals surface area contributed by atoms with Crippen LogP contribution in [0.5, 0.6) is 0 Å². The molecular weight excluding hydrogens is 231 g/mol. The zero-order chi connectivity index (χ0) is 11.3. The van der Waals surface area contributed by atoms with E-state index in [1.165, 1.54) is 0 Å². The fourth-order valence-corrected chi connectivity index (χ4v) is 2.48. The Labute approximate surface area is 102 Å². The maximum absolute atomic E-state index is 5.99. The predicted octanol–water partition coefficient (Wildman–Crippen LogP) is 3.23. The molecule has 0 radical (unpaired) electrons. The van der Waals surface area contributed by atoms with E-state index in [0.29, 0.717) is 11.8 Å². The van der Waals surface area contributed by atoms with E-state index in [9.17, 15) is 0 Å². The van der Waals surface area contributed by atoms with Crippen molar-refractivity contribution in [3.05, 3.63) is 18.2 Å². The van der Waals surface area contributed by atoms with Gasteiger partial charge in [0.15, 0.2) is 0 Å². The Kier molecular flexibility index (Phi) is 4.94. The second-order valence-corrected chi connectivity index (χ2v) is 4.61. The quantitative estimate of drug-likeness (QED) is 0.708. The van der Waals surface area contributed by atoms with Crippen LogP contribution in [0.4, 0.5) is 0 Å². The minimum atomic E-state index is 0.0645. The third kappa shape index (κ3) is 3.12. The van der Waals surface area contributed by atoms with E-state index in [0.717, 1.165) is 25.1 Å². The van der Waals surface area contributed by atoms with Crippen molar-refractivity contribution >= 4 is 23.2 Å². The maximum Gasteiger partial charge on any atom is 0.108 e. The molecule has 1 aromatic rings. The minimum absolute atomic E-state index is 0.0645. The van der Waals surface area contributed by atoms with Crippen LogP contribution in [0.2, 0.25) is 0 Å². The molecule has 0 aliphatic heterocycles. The monoisotopic (exact) mass is 248 g/mol. The van der Waals surface area contributed by atoms with Crippen molar-refractivity contribution in [2.45, 2.75) is 26.2 Å². The number of rotatable bonds is 6. The van der Waals surface area contributed by atoms with Crippen LogP contribution in [-0.2, 0) is 13.5 Å². The van der Waals surface area contributed by atoms with E-state index in [1.54, 1.807) is 0 Å². The van der Waals surface area contributed by atoms with Crippen LogP contribution in [0, 0.1) is 5.41 Å². The Balaban J connectivity index is 2.58. The number of nitrogens with zero attached hydrogens (tertiary/aromatic N) is 2. The summed E-state index contributed by atoms with van der Waals surface area (Å²) >= 11 is 12.0.